The zero-order valence-corrected chi connectivity index (χ0v) is 12.7. The molecule has 0 bridgehead atoms. The highest BCUT2D eigenvalue weighted by Crippen LogP contribution is 2.35. The first-order valence-electron chi connectivity index (χ1n) is 5.64. The SMILES string of the molecule is Cc1nsc(NC(=O)c2sc3ccc(Cl)cc3c2N)n1. The maximum Gasteiger partial charge on any atom is 0.269 e. The highest BCUT2D eigenvalue weighted by Gasteiger charge is 2.17. The van der Waals surface area contributed by atoms with E-state index < -0.39 is 0 Å². The minimum absolute atomic E-state index is 0.282. The largest absolute Gasteiger partial charge is 0.397 e. The standard InChI is InChI=1S/C12H9ClN4OS2/c1-5-15-12(20-17-5)16-11(18)10-9(14)7-4-6(13)2-3-8(7)19-10/h2-4H,14H2,1H3,(H,15,16,17,18). The Bertz CT molecular complexity index is 811. The molecule has 0 spiro atoms. The van der Waals surface area contributed by atoms with Crippen LogP contribution in [-0.4, -0.2) is 15.3 Å². The molecule has 2 aromatic heterocycles. The van der Waals surface area contributed by atoms with Crippen LogP contribution in [0.2, 0.25) is 5.02 Å². The number of fused-ring (bicyclic) bond motifs is 1. The first-order chi connectivity index (χ1) is 9.54. The van der Waals surface area contributed by atoms with Crippen LogP contribution in [0.5, 0.6) is 0 Å². The summed E-state index contributed by atoms with van der Waals surface area (Å²) >= 11 is 8.41. The van der Waals surface area contributed by atoms with Gasteiger partial charge in [0.05, 0.1) is 5.69 Å². The normalized spacial score (nSPS) is 10.9. The Balaban J connectivity index is 1.97. The number of aryl methyl sites for hydroxylation is 1. The molecule has 0 saturated carbocycles. The number of benzene rings is 1. The average Bonchev–Trinajstić information content (AvgIpc) is 2.94. The van der Waals surface area contributed by atoms with Gasteiger partial charge >= 0.3 is 0 Å². The lowest BCUT2D eigenvalue weighted by Gasteiger charge is -1.99. The smallest absolute Gasteiger partial charge is 0.269 e. The van der Waals surface area contributed by atoms with Crippen molar-refractivity contribution < 1.29 is 4.79 Å². The fourth-order valence-corrected chi connectivity index (χ4v) is 3.50. The summed E-state index contributed by atoms with van der Waals surface area (Å²) < 4.78 is 4.93. The third-order valence-electron chi connectivity index (χ3n) is 2.64. The van der Waals surface area contributed by atoms with Crippen molar-refractivity contribution in [1.29, 1.82) is 0 Å². The lowest BCUT2D eigenvalue weighted by Crippen LogP contribution is -2.11. The van der Waals surface area contributed by atoms with Gasteiger partial charge < -0.3 is 5.73 Å². The van der Waals surface area contributed by atoms with Crippen LogP contribution in [0.1, 0.15) is 15.5 Å². The van der Waals surface area contributed by atoms with Crippen LogP contribution in [0, 0.1) is 6.92 Å². The molecule has 3 aromatic rings. The van der Waals surface area contributed by atoms with Gasteiger partial charge in [0.15, 0.2) is 0 Å². The van der Waals surface area contributed by atoms with Crippen LogP contribution in [0.3, 0.4) is 0 Å². The number of hydrogen-bond donors (Lipinski definition) is 2. The van der Waals surface area contributed by atoms with Crippen molar-refractivity contribution in [2.45, 2.75) is 6.92 Å². The summed E-state index contributed by atoms with van der Waals surface area (Å²) in [5.74, 6) is 0.345. The molecule has 1 amide bonds. The van der Waals surface area contributed by atoms with E-state index in [1.807, 2.05) is 6.07 Å². The lowest BCUT2D eigenvalue weighted by atomic mass is 10.2. The highest BCUT2D eigenvalue weighted by atomic mass is 35.5. The molecule has 8 heteroatoms. The number of thiophene rings is 1. The fourth-order valence-electron chi connectivity index (χ4n) is 1.76. The number of hydrogen-bond acceptors (Lipinski definition) is 6. The molecule has 0 atom stereocenters. The molecule has 0 saturated heterocycles. The first kappa shape index (κ1) is 13.3. The lowest BCUT2D eigenvalue weighted by molar-refractivity contribution is 0.103. The minimum Gasteiger partial charge on any atom is -0.397 e. The molecular weight excluding hydrogens is 316 g/mol. The molecule has 0 unspecified atom stereocenters. The van der Waals surface area contributed by atoms with Crippen LogP contribution in [-0.2, 0) is 0 Å². The monoisotopic (exact) mass is 324 g/mol. The van der Waals surface area contributed by atoms with E-state index in [4.69, 9.17) is 17.3 Å². The van der Waals surface area contributed by atoms with E-state index in [1.54, 1.807) is 19.1 Å². The van der Waals surface area contributed by atoms with Gasteiger partial charge in [0.1, 0.15) is 10.7 Å². The zero-order chi connectivity index (χ0) is 14.3. The molecule has 20 heavy (non-hydrogen) atoms. The van der Waals surface area contributed by atoms with Crippen molar-refractivity contribution in [3.63, 3.8) is 0 Å². The second kappa shape index (κ2) is 5.01. The summed E-state index contributed by atoms with van der Waals surface area (Å²) in [5, 5.41) is 4.54. The van der Waals surface area contributed by atoms with E-state index >= 15 is 0 Å². The van der Waals surface area contributed by atoms with Gasteiger partial charge in [-0.1, -0.05) is 11.6 Å². The molecule has 3 rings (SSSR count). The number of nitrogen functional groups attached to an aromatic ring is 1. The number of amides is 1. The maximum atomic E-state index is 12.2. The zero-order valence-electron chi connectivity index (χ0n) is 10.3. The van der Waals surface area contributed by atoms with Crippen molar-refractivity contribution >= 4 is 61.3 Å². The maximum absolute atomic E-state index is 12.2. The molecule has 1 aromatic carbocycles. The number of carbonyl (C=O) groups is 1. The summed E-state index contributed by atoms with van der Waals surface area (Å²) in [4.78, 5) is 16.8. The van der Waals surface area contributed by atoms with Gasteiger partial charge in [-0.05, 0) is 25.1 Å². The van der Waals surface area contributed by atoms with Gasteiger partial charge in [-0.25, -0.2) is 4.98 Å². The topological polar surface area (TPSA) is 80.9 Å². The van der Waals surface area contributed by atoms with Crippen molar-refractivity contribution in [2.24, 2.45) is 0 Å². The molecule has 102 valence electrons. The molecule has 0 aliphatic rings. The molecule has 0 aliphatic carbocycles. The Morgan fingerprint density at radius 2 is 2.25 bits per heavy atom. The predicted octanol–water partition coefficient (Wildman–Crippen LogP) is 3.55. The second-order valence-corrected chi connectivity index (χ2v) is 6.33. The molecule has 3 N–H and O–H groups in total. The summed E-state index contributed by atoms with van der Waals surface area (Å²) in [6.07, 6.45) is 0. The third kappa shape index (κ3) is 2.35. The van der Waals surface area contributed by atoms with Crippen molar-refractivity contribution in [2.75, 3.05) is 11.1 Å². The number of nitrogens with two attached hydrogens (primary N) is 1. The molecule has 0 fully saturated rings. The fraction of sp³-hybridized carbons (Fsp3) is 0.0833. The van der Waals surface area contributed by atoms with Crippen LogP contribution < -0.4 is 11.1 Å². The summed E-state index contributed by atoms with van der Waals surface area (Å²) in [6.45, 7) is 1.77. The Hall–Kier alpha value is -1.70. The molecular formula is C12H9ClN4OS2. The Kier molecular flexibility index (Phi) is 3.33. The van der Waals surface area contributed by atoms with Gasteiger partial charge in [-0.15, -0.1) is 11.3 Å². The number of carbonyl (C=O) groups excluding carboxylic acids is 1. The number of rotatable bonds is 2. The summed E-state index contributed by atoms with van der Waals surface area (Å²) in [5.41, 5.74) is 6.46. The van der Waals surface area contributed by atoms with Crippen molar-refractivity contribution in [3.05, 3.63) is 33.9 Å². The molecule has 5 nitrogen and oxygen atoms in total. The van der Waals surface area contributed by atoms with Crippen LogP contribution in [0.4, 0.5) is 10.8 Å². The quantitative estimate of drug-likeness (QED) is 0.755. The highest BCUT2D eigenvalue weighted by molar-refractivity contribution is 7.21. The number of anilines is 2. The van der Waals surface area contributed by atoms with E-state index in [1.165, 1.54) is 11.3 Å². The number of nitrogens with one attached hydrogen (secondary N) is 1. The summed E-state index contributed by atoms with van der Waals surface area (Å²) in [6, 6.07) is 5.38. The van der Waals surface area contributed by atoms with Gasteiger partial charge in [0.25, 0.3) is 5.91 Å². The predicted molar refractivity (Wildman–Crippen MR) is 83.8 cm³/mol. The van der Waals surface area contributed by atoms with Gasteiger partial charge in [-0.3, -0.25) is 10.1 Å². The van der Waals surface area contributed by atoms with Gasteiger partial charge in [0, 0.05) is 26.6 Å². The van der Waals surface area contributed by atoms with Crippen molar-refractivity contribution in [3.8, 4) is 0 Å². The minimum atomic E-state index is -0.282. The van der Waals surface area contributed by atoms with E-state index in [-0.39, 0.29) is 5.91 Å². The first-order valence-corrected chi connectivity index (χ1v) is 7.60. The van der Waals surface area contributed by atoms with Crippen LogP contribution >= 0.6 is 34.5 Å². The van der Waals surface area contributed by atoms with Crippen LogP contribution in [0.25, 0.3) is 10.1 Å². The average molecular weight is 325 g/mol. The Labute approximate surface area is 127 Å². The third-order valence-corrected chi connectivity index (χ3v) is 4.78. The summed E-state index contributed by atoms with van der Waals surface area (Å²) in [7, 11) is 0. The molecule has 0 radical (unpaired) electrons. The Morgan fingerprint density at radius 3 is 2.95 bits per heavy atom. The van der Waals surface area contributed by atoms with E-state index in [2.05, 4.69) is 14.7 Å². The van der Waals surface area contributed by atoms with Gasteiger partial charge in [0.2, 0.25) is 5.13 Å². The second-order valence-electron chi connectivity index (χ2n) is 4.09. The van der Waals surface area contributed by atoms with E-state index in [0.29, 0.717) is 26.5 Å². The van der Waals surface area contributed by atoms with Crippen LogP contribution in [0.15, 0.2) is 18.2 Å². The van der Waals surface area contributed by atoms with E-state index in [9.17, 15) is 4.79 Å². The van der Waals surface area contributed by atoms with E-state index in [0.717, 1.165) is 21.6 Å². The Morgan fingerprint density at radius 1 is 1.45 bits per heavy atom. The van der Waals surface area contributed by atoms with Crippen molar-refractivity contribution in [1.82, 2.24) is 9.36 Å². The molecule has 0 aliphatic heterocycles. The van der Waals surface area contributed by atoms with Gasteiger partial charge in [-0.2, -0.15) is 4.37 Å². The number of aromatic nitrogens is 2. The number of halogens is 1. The number of nitrogens with zero attached hydrogens (tertiary/aromatic N) is 2. The molecule has 2 heterocycles.